The number of rotatable bonds is 3. The van der Waals surface area contributed by atoms with Gasteiger partial charge in [0.05, 0.1) is 10.0 Å². The minimum absolute atomic E-state index is 0.417. The number of pyridine rings is 1. The number of aryl methyl sites for hydroxylation is 1. The van der Waals surface area contributed by atoms with Gasteiger partial charge in [0.25, 0.3) is 0 Å². The number of carbonyl (C=O) groups excluding carboxylic acids is 1. The Labute approximate surface area is 143 Å². The third-order valence-corrected chi connectivity index (χ3v) is 5.80. The fourth-order valence-corrected chi connectivity index (χ4v) is 4.40. The van der Waals surface area contributed by atoms with Gasteiger partial charge >= 0.3 is 0 Å². The van der Waals surface area contributed by atoms with E-state index in [1.165, 1.54) is 23.7 Å². The van der Waals surface area contributed by atoms with E-state index in [0.717, 1.165) is 23.1 Å². The lowest BCUT2D eigenvalue weighted by Crippen LogP contribution is -2.47. The van der Waals surface area contributed by atoms with E-state index >= 15 is 0 Å². The van der Waals surface area contributed by atoms with E-state index in [0.29, 0.717) is 23.4 Å². The molecule has 4 rings (SSSR count). The molecule has 2 aromatic rings. The molecule has 3 atom stereocenters. The highest BCUT2D eigenvalue weighted by Crippen LogP contribution is 2.50. The first-order chi connectivity index (χ1) is 11.1. The number of carbonyl (C=O) groups is 1. The maximum absolute atomic E-state index is 11.2. The Balaban J connectivity index is 1.50. The van der Waals surface area contributed by atoms with Crippen molar-refractivity contribution < 1.29 is 4.79 Å². The maximum Gasteiger partial charge on any atom is 0.250 e. The number of benzene rings is 1. The molecule has 2 aliphatic rings. The summed E-state index contributed by atoms with van der Waals surface area (Å²) in [4.78, 5) is 15.5. The van der Waals surface area contributed by atoms with E-state index in [2.05, 4.69) is 50.5 Å². The van der Waals surface area contributed by atoms with Crippen LogP contribution in [0, 0.1) is 5.92 Å². The molecular weight excluding hydrogens is 354 g/mol. The van der Waals surface area contributed by atoms with Crippen LogP contribution < -0.4 is 11.1 Å². The molecule has 118 valence electrons. The highest BCUT2D eigenvalue weighted by molar-refractivity contribution is 9.10. The molecular formula is C18H18BrN3O. The number of amides is 1. The van der Waals surface area contributed by atoms with Gasteiger partial charge in [-0.15, -0.1) is 0 Å². The quantitative estimate of drug-likeness (QED) is 0.867. The van der Waals surface area contributed by atoms with Crippen LogP contribution in [-0.2, 0) is 6.42 Å². The number of primary amides is 1. The summed E-state index contributed by atoms with van der Waals surface area (Å²) in [6.45, 7) is 0. The lowest BCUT2D eigenvalue weighted by atomic mass is 9.60. The first-order valence-electron chi connectivity index (χ1n) is 7.93. The number of hydrogen-bond acceptors (Lipinski definition) is 3. The Morgan fingerprint density at radius 3 is 2.96 bits per heavy atom. The molecule has 1 heterocycles. The van der Waals surface area contributed by atoms with Crippen molar-refractivity contribution in [1.29, 1.82) is 0 Å². The molecule has 2 aliphatic carbocycles. The Morgan fingerprint density at radius 2 is 2.17 bits per heavy atom. The van der Waals surface area contributed by atoms with Crippen LogP contribution >= 0.6 is 15.9 Å². The molecule has 1 aromatic heterocycles. The summed E-state index contributed by atoms with van der Waals surface area (Å²) in [5, 5.41) is 3.53. The van der Waals surface area contributed by atoms with Crippen molar-refractivity contribution in [2.45, 2.75) is 31.2 Å². The van der Waals surface area contributed by atoms with Gasteiger partial charge in [-0.2, -0.15) is 0 Å². The fraction of sp³-hybridized carbons (Fsp3) is 0.333. The molecule has 0 spiro atoms. The van der Waals surface area contributed by atoms with Crippen LogP contribution in [0.3, 0.4) is 0 Å². The number of halogens is 1. The highest BCUT2D eigenvalue weighted by atomic mass is 79.9. The zero-order valence-electron chi connectivity index (χ0n) is 12.6. The summed E-state index contributed by atoms with van der Waals surface area (Å²) < 4.78 is 0.786. The van der Waals surface area contributed by atoms with E-state index in [-0.39, 0.29) is 0 Å². The molecule has 1 amide bonds. The van der Waals surface area contributed by atoms with Gasteiger partial charge in [-0.25, -0.2) is 4.98 Å². The summed E-state index contributed by atoms with van der Waals surface area (Å²) >= 11 is 3.48. The van der Waals surface area contributed by atoms with Gasteiger partial charge in [0.2, 0.25) is 5.91 Å². The van der Waals surface area contributed by atoms with Crippen molar-refractivity contribution in [2.24, 2.45) is 11.7 Å². The zero-order chi connectivity index (χ0) is 16.0. The molecule has 4 nitrogen and oxygen atoms in total. The van der Waals surface area contributed by atoms with Crippen molar-refractivity contribution in [2.75, 3.05) is 5.32 Å². The van der Waals surface area contributed by atoms with Gasteiger partial charge in [0, 0.05) is 12.2 Å². The van der Waals surface area contributed by atoms with E-state index in [4.69, 9.17) is 5.73 Å². The van der Waals surface area contributed by atoms with Crippen LogP contribution in [0.4, 0.5) is 5.82 Å². The Kier molecular flexibility index (Phi) is 3.60. The molecule has 23 heavy (non-hydrogen) atoms. The molecule has 3 N–H and O–H groups in total. The van der Waals surface area contributed by atoms with E-state index < -0.39 is 5.91 Å². The Morgan fingerprint density at radius 1 is 1.35 bits per heavy atom. The lowest BCUT2D eigenvalue weighted by Gasteiger charge is -2.49. The van der Waals surface area contributed by atoms with Gasteiger partial charge in [-0.1, -0.05) is 24.3 Å². The summed E-state index contributed by atoms with van der Waals surface area (Å²) in [6.07, 6.45) is 5.04. The SMILES string of the molecule is NC(=O)c1cnc(NC2CC3c4ccccc4CCC23)c(Br)c1. The van der Waals surface area contributed by atoms with E-state index in [1.807, 2.05) is 0 Å². The second-order valence-electron chi connectivity index (χ2n) is 6.41. The van der Waals surface area contributed by atoms with Crippen molar-refractivity contribution in [1.82, 2.24) is 4.98 Å². The number of nitrogens with zero attached hydrogens (tertiary/aromatic N) is 1. The van der Waals surface area contributed by atoms with Gasteiger partial charge in [0.1, 0.15) is 5.82 Å². The van der Waals surface area contributed by atoms with Crippen molar-refractivity contribution in [3.05, 3.63) is 57.7 Å². The minimum atomic E-state index is -0.461. The molecule has 1 fully saturated rings. The van der Waals surface area contributed by atoms with Crippen LogP contribution in [0.1, 0.15) is 40.2 Å². The highest BCUT2D eigenvalue weighted by Gasteiger charge is 2.44. The van der Waals surface area contributed by atoms with Crippen molar-refractivity contribution in [3.63, 3.8) is 0 Å². The fourth-order valence-electron chi connectivity index (χ4n) is 3.93. The van der Waals surface area contributed by atoms with Gasteiger partial charge in [-0.3, -0.25) is 4.79 Å². The number of fused-ring (bicyclic) bond motifs is 3. The monoisotopic (exact) mass is 371 g/mol. The van der Waals surface area contributed by atoms with Crippen LogP contribution in [0.5, 0.6) is 0 Å². The van der Waals surface area contributed by atoms with Crippen molar-refractivity contribution in [3.8, 4) is 0 Å². The first kappa shape index (κ1) is 14.7. The Hall–Kier alpha value is -1.88. The first-order valence-corrected chi connectivity index (χ1v) is 8.72. The third kappa shape index (κ3) is 2.53. The summed E-state index contributed by atoms with van der Waals surface area (Å²) in [7, 11) is 0. The average molecular weight is 372 g/mol. The maximum atomic E-state index is 11.2. The molecule has 1 aromatic carbocycles. The largest absolute Gasteiger partial charge is 0.366 e. The molecule has 5 heteroatoms. The van der Waals surface area contributed by atoms with Crippen LogP contribution in [0.25, 0.3) is 0 Å². The van der Waals surface area contributed by atoms with Crippen LogP contribution in [0.15, 0.2) is 41.0 Å². The minimum Gasteiger partial charge on any atom is -0.366 e. The molecule has 0 radical (unpaired) electrons. The predicted molar refractivity (Wildman–Crippen MR) is 93.5 cm³/mol. The zero-order valence-corrected chi connectivity index (χ0v) is 14.2. The second-order valence-corrected chi connectivity index (χ2v) is 7.27. The third-order valence-electron chi connectivity index (χ3n) is 5.19. The predicted octanol–water partition coefficient (Wildman–Crippen LogP) is 3.47. The van der Waals surface area contributed by atoms with Gasteiger partial charge < -0.3 is 11.1 Å². The molecule has 0 aliphatic heterocycles. The number of anilines is 1. The van der Waals surface area contributed by atoms with E-state index in [1.54, 1.807) is 6.07 Å². The number of hydrogen-bond donors (Lipinski definition) is 2. The normalized spacial score (nSPS) is 25.0. The summed E-state index contributed by atoms with van der Waals surface area (Å²) in [6, 6.07) is 11.0. The van der Waals surface area contributed by atoms with Gasteiger partial charge in [-0.05, 0) is 64.2 Å². The number of aromatic nitrogens is 1. The standard InChI is InChI=1S/C18H18BrN3O/c19-15-7-11(17(20)23)9-21-18(15)22-16-8-14-12-4-2-1-3-10(12)5-6-13(14)16/h1-4,7,9,13-14,16H,5-6,8H2,(H2,20,23)(H,21,22). The smallest absolute Gasteiger partial charge is 0.250 e. The molecule has 0 saturated heterocycles. The lowest BCUT2D eigenvalue weighted by molar-refractivity contribution is 0.1000. The second kappa shape index (κ2) is 5.64. The topological polar surface area (TPSA) is 68.0 Å². The molecule has 1 saturated carbocycles. The van der Waals surface area contributed by atoms with Crippen molar-refractivity contribution >= 4 is 27.7 Å². The summed E-state index contributed by atoms with van der Waals surface area (Å²) in [5.41, 5.74) is 8.74. The van der Waals surface area contributed by atoms with Crippen LogP contribution in [-0.4, -0.2) is 16.9 Å². The number of nitrogens with two attached hydrogens (primary N) is 1. The molecule has 0 bridgehead atoms. The van der Waals surface area contributed by atoms with Crippen LogP contribution in [0.2, 0.25) is 0 Å². The summed E-state index contributed by atoms with van der Waals surface area (Å²) in [5.74, 6) is 1.66. The molecule has 3 unspecified atom stereocenters. The number of nitrogens with one attached hydrogen (secondary N) is 1. The Bertz CT molecular complexity index is 777. The van der Waals surface area contributed by atoms with Gasteiger partial charge in [0.15, 0.2) is 0 Å². The van der Waals surface area contributed by atoms with E-state index in [9.17, 15) is 4.79 Å². The average Bonchev–Trinajstić information content (AvgIpc) is 2.53.